The van der Waals surface area contributed by atoms with Crippen LogP contribution in [0.15, 0.2) is 19.0 Å². The molecule has 0 aromatic carbocycles. The second-order valence-corrected chi connectivity index (χ2v) is 2.25. The standard InChI is InChI=1S/C7H9N3O2/c1-2-10-4-5(3-9-10)6(8)7(11)12/h2-4,6H,1,8H2,(H,11,12). The minimum Gasteiger partial charge on any atom is -0.480 e. The average Bonchev–Trinajstić information content (AvgIpc) is 2.50. The highest BCUT2D eigenvalue weighted by molar-refractivity contribution is 5.74. The molecule has 1 heterocycles. The van der Waals surface area contributed by atoms with Crippen LogP contribution >= 0.6 is 0 Å². The van der Waals surface area contributed by atoms with Crippen molar-refractivity contribution in [2.75, 3.05) is 0 Å². The Morgan fingerprint density at radius 3 is 3.00 bits per heavy atom. The van der Waals surface area contributed by atoms with E-state index in [-0.39, 0.29) is 0 Å². The molecule has 1 aromatic rings. The monoisotopic (exact) mass is 167 g/mol. The number of carboxylic acid groups (broad SMARTS) is 1. The van der Waals surface area contributed by atoms with Gasteiger partial charge in [-0.15, -0.1) is 0 Å². The van der Waals surface area contributed by atoms with Crippen LogP contribution in [0.25, 0.3) is 6.20 Å². The number of hydrogen-bond donors (Lipinski definition) is 2. The molecule has 1 aromatic heterocycles. The fourth-order valence-corrected chi connectivity index (χ4v) is 0.756. The van der Waals surface area contributed by atoms with Crippen molar-refractivity contribution in [3.05, 3.63) is 24.5 Å². The predicted octanol–water partition coefficient (Wildman–Crippen LogP) is 0.0680. The predicted molar refractivity (Wildman–Crippen MR) is 43.2 cm³/mol. The molecule has 0 saturated carbocycles. The Balaban J connectivity index is 2.88. The summed E-state index contributed by atoms with van der Waals surface area (Å²) in [6.07, 6.45) is 4.38. The third-order valence-corrected chi connectivity index (χ3v) is 1.43. The summed E-state index contributed by atoms with van der Waals surface area (Å²) >= 11 is 0. The lowest BCUT2D eigenvalue weighted by atomic mass is 10.2. The van der Waals surface area contributed by atoms with E-state index in [1.165, 1.54) is 23.3 Å². The van der Waals surface area contributed by atoms with Gasteiger partial charge in [0.1, 0.15) is 6.04 Å². The molecule has 0 saturated heterocycles. The highest BCUT2D eigenvalue weighted by Crippen LogP contribution is 2.08. The molecule has 0 amide bonds. The van der Waals surface area contributed by atoms with E-state index >= 15 is 0 Å². The fourth-order valence-electron chi connectivity index (χ4n) is 0.756. The summed E-state index contributed by atoms with van der Waals surface area (Å²) in [5, 5.41) is 12.3. The van der Waals surface area contributed by atoms with Gasteiger partial charge in [-0.1, -0.05) is 6.58 Å². The van der Waals surface area contributed by atoms with Gasteiger partial charge in [-0.05, 0) is 0 Å². The van der Waals surface area contributed by atoms with Crippen LogP contribution in [0.3, 0.4) is 0 Å². The van der Waals surface area contributed by atoms with Gasteiger partial charge in [0.25, 0.3) is 0 Å². The number of carbonyl (C=O) groups is 1. The van der Waals surface area contributed by atoms with E-state index in [0.29, 0.717) is 5.56 Å². The van der Waals surface area contributed by atoms with Crippen LogP contribution in [0.2, 0.25) is 0 Å². The van der Waals surface area contributed by atoms with Crippen LogP contribution in [0, 0.1) is 0 Å². The molecule has 64 valence electrons. The van der Waals surface area contributed by atoms with Gasteiger partial charge in [0.15, 0.2) is 0 Å². The molecule has 5 nitrogen and oxygen atoms in total. The first kappa shape index (κ1) is 8.48. The average molecular weight is 167 g/mol. The molecule has 1 unspecified atom stereocenters. The minimum atomic E-state index is -1.07. The maximum Gasteiger partial charge on any atom is 0.325 e. The topological polar surface area (TPSA) is 81.1 Å². The Hall–Kier alpha value is -1.62. The molecule has 3 N–H and O–H groups in total. The smallest absolute Gasteiger partial charge is 0.325 e. The zero-order valence-electron chi connectivity index (χ0n) is 6.34. The molecule has 1 rings (SSSR count). The lowest BCUT2D eigenvalue weighted by molar-refractivity contribution is -0.138. The first-order chi connectivity index (χ1) is 5.65. The van der Waals surface area contributed by atoms with Gasteiger partial charge in [0.2, 0.25) is 0 Å². The molecule has 0 fully saturated rings. The van der Waals surface area contributed by atoms with E-state index in [1.54, 1.807) is 0 Å². The summed E-state index contributed by atoms with van der Waals surface area (Å²) in [5.74, 6) is -1.07. The molecule has 1 atom stereocenters. The number of rotatable bonds is 3. The van der Waals surface area contributed by atoms with Crippen molar-refractivity contribution in [3.63, 3.8) is 0 Å². The van der Waals surface area contributed by atoms with E-state index in [9.17, 15) is 4.79 Å². The van der Waals surface area contributed by atoms with Gasteiger partial charge < -0.3 is 10.8 Å². The van der Waals surface area contributed by atoms with Gasteiger partial charge in [0.05, 0.1) is 6.20 Å². The number of nitrogens with zero attached hydrogens (tertiary/aromatic N) is 2. The summed E-state index contributed by atoms with van der Waals surface area (Å²) in [7, 11) is 0. The van der Waals surface area contributed by atoms with Crippen molar-refractivity contribution >= 4 is 12.2 Å². The Morgan fingerprint density at radius 2 is 2.58 bits per heavy atom. The molecule has 0 spiro atoms. The zero-order valence-corrected chi connectivity index (χ0v) is 6.34. The van der Waals surface area contributed by atoms with E-state index in [1.807, 2.05) is 0 Å². The first-order valence-corrected chi connectivity index (χ1v) is 3.30. The number of carboxylic acids is 1. The summed E-state index contributed by atoms with van der Waals surface area (Å²) in [5.41, 5.74) is 5.78. The second kappa shape index (κ2) is 3.19. The maximum atomic E-state index is 10.4. The van der Waals surface area contributed by atoms with Crippen LogP contribution in [0.4, 0.5) is 0 Å². The molecule has 0 bridgehead atoms. The molecular formula is C7H9N3O2. The highest BCUT2D eigenvalue weighted by Gasteiger charge is 2.15. The summed E-state index contributed by atoms with van der Waals surface area (Å²) < 4.78 is 1.40. The number of nitrogens with two attached hydrogens (primary N) is 1. The molecule has 0 radical (unpaired) electrons. The van der Waals surface area contributed by atoms with E-state index in [4.69, 9.17) is 10.8 Å². The SMILES string of the molecule is C=Cn1cc(C(N)C(=O)O)cn1. The van der Waals surface area contributed by atoms with Crippen LogP contribution in [-0.2, 0) is 4.79 Å². The summed E-state index contributed by atoms with van der Waals surface area (Å²) in [6, 6.07) is -1.02. The van der Waals surface area contributed by atoms with Crippen LogP contribution in [-0.4, -0.2) is 20.9 Å². The van der Waals surface area contributed by atoms with Crippen molar-refractivity contribution in [2.45, 2.75) is 6.04 Å². The van der Waals surface area contributed by atoms with Crippen LogP contribution in [0.1, 0.15) is 11.6 Å². The van der Waals surface area contributed by atoms with E-state index < -0.39 is 12.0 Å². The van der Waals surface area contributed by atoms with Gasteiger partial charge in [-0.25, -0.2) is 4.68 Å². The lowest BCUT2D eigenvalue weighted by Gasteiger charge is -2.00. The molecule has 0 aliphatic rings. The van der Waals surface area contributed by atoms with Crippen molar-refractivity contribution < 1.29 is 9.90 Å². The zero-order chi connectivity index (χ0) is 9.14. The fraction of sp³-hybridized carbons (Fsp3) is 0.143. The summed E-state index contributed by atoms with van der Waals surface area (Å²) in [6.45, 7) is 3.46. The number of aliphatic carboxylic acids is 1. The van der Waals surface area contributed by atoms with Gasteiger partial charge in [-0.3, -0.25) is 4.79 Å². The number of hydrogen-bond acceptors (Lipinski definition) is 3. The van der Waals surface area contributed by atoms with Crippen LogP contribution < -0.4 is 5.73 Å². The molecule has 0 aliphatic carbocycles. The second-order valence-electron chi connectivity index (χ2n) is 2.25. The van der Waals surface area contributed by atoms with Crippen LogP contribution in [0.5, 0.6) is 0 Å². The largest absolute Gasteiger partial charge is 0.480 e. The molecule has 5 heteroatoms. The summed E-state index contributed by atoms with van der Waals surface area (Å²) in [4.78, 5) is 10.4. The van der Waals surface area contributed by atoms with E-state index in [0.717, 1.165) is 0 Å². The lowest BCUT2D eigenvalue weighted by Crippen LogP contribution is -2.19. The minimum absolute atomic E-state index is 0.461. The molecule has 12 heavy (non-hydrogen) atoms. The third-order valence-electron chi connectivity index (χ3n) is 1.43. The van der Waals surface area contributed by atoms with Gasteiger partial charge in [-0.2, -0.15) is 5.10 Å². The normalized spacial score (nSPS) is 12.4. The maximum absolute atomic E-state index is 10.4. The van der Waals surface area contributed by atoms with Crippen molar-refractivity contribution in [2.24, 2.45) is 5.73 Å². The van der Waals surface area contributed by atoms with Crippen molar-refractivity contribution in [3.8, 4) is 0 Å². The van der Waals surface area contributed by atoms with E-state index in [2.05, 4.69) is 11.7 Å². The molecule has 0 aliphatic heterocycles. The van der Waals surface area contributed by atoms with Crippen molar-refractivity contribution in [1.29, 1.82) is 0 Å². The van der Waals surface area contributed by atoms with Crippen molar-refractivity contribution in [1.82, 2.24) is 9.78 Å². The third kappa shape index (κ3) is 1.51. The van der Waals surface area contributed by atoms with Gasteiger partial charge in [0, 0.05) is 18.0 Å². The van der Waals surface area contributed by atoms with Gasteiger partial charge >= 0.3 is 5.97 Å². The number of aromatic nitrogens is 2. The Morgan fingerprint density at radius 1 is 1.92 bits per heavy atom. The Labute approximate surface area is 69.1 Å². The quantitative estimate of drug-likeness (QED) is 0.667. The Bertz CT molecular complexity index is 305. The Kier molecular flexibility index (Phi) is 2.25. The first-order valence-electron chi connectivity index (χ1n) is 3.30. The highest BCUT2D eigenvalue weighted by atomic mass is 16.4. The molecular weight excluding hydrogens is 158 g/mol.